The van der Waals surface area contributed by atoms with E-state index in [4.69, 9.17) is 0 Å². The SMILES string of the molecule is CC(C)CC(=O)NCC1CCC1. The maximum absolute atomic E-state index is 11.2. The number of hydrogen-bond donors (Lipinski definition) is 1. The molecule has 1 aliphatic rings. The smallest absolute Gasteiger partial charge is 0.220 e. The fraction of sp³-hybridized carbons (Fsp3) is 0.900. The lowest BCUT2D eigenvalue weighted by Crippen LogP contribution is -2.32. The minimum Gasteiger partial charge on any atom is -0.356 e. The van der Waals surface area contributed by atoms with E-state index in [1.165, 1.54) is 19.3 Å². The van der Waals surface area contributed by atoms with E-state index in [9.17, 15) is 4.79 Å². The number of amides is 1. The Balaban J connectivity index is 2.01. The van der Waals surface area contributed by atoms with Crippen molar-refractivity contribution in [3.8, 4) is 0 Å². The zero-order valence-corrected chi connectivity index (χ0v) is 8.10. The molecule has 0 atom stereocenters. The van der Waals surface area contributed by atoms with Crippen molar-refractivity contribution in [1.82, 2.24) is 5.32 Å². The van der Waals surface area contributed by atoms with Gasteiger partial charge < -0.3 is 5.32 Å². The molecule has 0 aromatic heterocycles. The maximum Gasteiger partial charge on any atom is 0.220 e. The number of rotatable bonds is 4. The monoisotopic (exact) mass is 169 g/mol. The van der Waals surface area contributed by atoms with Crippen molar-refractivity contribution in [3.63, 3.8) is 0 Å². The Morgan fingerprint density at radius 2 is 2.17 bits per heavy atom. The second kappa shape index (κ2) is 4.48. The van der Waals surface area contributed by atoms with Gasteiger partial charge in [-0.2, -0.15) is 0 Å². The largest absolute Gasteiger partial charge is 0.356 e. The van der Waals surface area contributed by atoms with Crippen molar-refractivity contribution in [1.29, 1.82) is 0 Å². The van der Waals surface area contributed by atoms with Gasteiger partial charge in [0.25, 0.3) is 0 Å². The molecule has 2 heteroatoms. The first-order valence-electron chi connectivity index (χ1n) is 4.95. The molecule has 0 aliphatic heterocycles. The predicted octanol–water partition coefficient (Wildman–Crippen LogP) is 1.95. The van der Waals surface area contributed by atoms with Gasteiger partial charge in [-0.3, -0.25) is 4.79 Å². The van der Waals surface area contributed by atoms with Crippen LogP contribution in [0.1, 0.15) is 39.5 Å². The van der Waals surface area contributed by atoms with Crippen molar-refractivity contribution in [2.45, 2.75) is 39.5 Å². The van der Waals surface area contributed by atoms with Crippen molar-refractivity contribution >= 4 is 5.91 Å². The van der Waals surface area contributed by atoms with E-state index < -0.39 is 0 Å². The molecule has 1 amide bonds. The molecule has 0 bridgehead atoms. The topological polar surface area (TPSA) is 29.1 Å². The number of carbonyl (C=O) groups excluding carboxylic acids is 1. The van der Waals surface area contributed by atoms with Gasteiger partial charge in [0.1, 0.15) is 0 Å². The molecule has 70 valence electrons. The van der Waals surface area contributed by atoms with E-state index in [-0.39, 0.29) is 5.91 Å². The summed E-state index contributed by atoms with van der Waals surface area (Å²) in [6, 6.07) is 0. The summed E-state index contributed by atoms with van der Waals surface area (Å²) >= 11 is 0. The summed E-state index contributed by atoms with van der Waals surface area (Å²) in [7, 11) is 0. The summed E-state index contributed by atoms with van der Waals surface area (Å²) in [5, 5.41) is 2.98. The average molecular weight is 169 g/mol. The van der Waals surface area contributed by atoms with Crippen molar-refractivity contribution < 1.29 is 4.79 Å². The Kier molecular flexibility index (Phi) is 3.57. The van der Waals surface area contributed by atoms with Crippen LogP contribution < -0.4 is 5.32 Å². The molecule has 0 aromatic carbocycles. The molecule has 1 rings (SSSR count). The summed E-state index contributed by atoms with van der Waals surface area (Å²) in [5.41, 5.74) is 0. The third kappa shape index (κ3) is 3.24. The first-order chi connectivity index (χ1) is 5.68. The average Bonchev–Trinajstić information content (AvgIpc) is 1.81. The summed E-state index contributed by atoms with van der Waals surface area (Å²) in [6.45, 7) is 5.05. The molecule has 1 saturated carbocycles. The number of nitrogens with one attached hydrogen (secondary N) is 1. The Labute approximate surface area is 74.7 Å². The lowest BCUT2D eigenvalue weighted by Gasteiger charge is -2.25. The van der Waals surface area contributed by atoms with Crippen LogP contribution in [0, 0.1) is 11.8 Å². The van der Waals surface area contributed by atoms with Crippen LogP contribution in [0.2, 0.25) is 0 Å². The molecule has 1 N–H and O–H groups in total. The van der Waals surface area contributed by atoms with Crippen LogP contribution in [-0.4, -0.2) is 12.5 Å². The van der Waals surface area contributed by atoms with Gasteiger partial charge in [0, 0.05) is 13.0 Å². The fourth-order valence-electron chi connectivity index (χ4n) is 1.40. The first kappa shape index (κ1) is 9.56. The van der Waals surface area contributed by atoms with E-state index in [1.807, 2.05) is 0 Å². The van der Waals surface area contributed by atoms with E-state index in [1.54, 1.807) is 0 Å². The van der Waals surface area contributed by atoms with Gasteiger partial charge in [0.2, 0.25) is 5.91 Å². The molecular formula is C10H19NO. The molecule has 0 aromatic rings. The molecule has 0 heterocycles. The van der Waals surface area contributed by atoms with E-state index in [0.29, 0.717) is 12.3 Å². The van der Waals surface area contributed by atoms with E-state index >= 15 is 0 Å². The summed E-state index contributed by atoms with van der Waals surface area (Å²) in [5.74, 6) is 1.48. The molecule has 2 nitrogen and oxygen atoms in total. The minimum absolute atomic E-state index is 0.219. The Morgan fingerprint density at radius 3 is 2.58 bits per heavy atom. The van der Waals surface area contributed by atoms with Crippen LogP contribution in [0.15, 0.2) is 0 Å². The highest BCUT2D eigenvalue weighted by Gasteiger charge is 2.17. The second-order valence-corrected chi connectivity index (χ2v) is 4.20. The molecule has 0 saturated heterocycles. The zero-order chi connectivity index (χ0) is 8.97. The van der Waals surface area contributed by atoms with Crippen LogP contribution in [0.4, 0.5) is 0 Å². The van der Waals surface area contributed by atoms with E-state index in [2.05, 4.69) is 19.2 Å². The summed E-state index contributed by atoms with van der Waals surface area (Å²) in [6.07, 6.45) is 4.64. The predicted molar refractivity (Wildman–Crippen MR) is 49.8 cm³/mol. The van der Waals surface area contributed by atoms with Gasteiger partial charge in [-0.1, -0.05) is 20.3 Å². The number of carbonyl (C=O) groups is 1. The Morgan fingerprint density at radius 1 is 1.50 bits per heavy atom. The van der Waals surface area contributed by atoms with Crippen LogP contribution >= 0.6 is 0 Å². The maximum atomic E-state index is 11.2. The fourth-order valence-corrected chi connectivity index (χ4v) is 1.40. The van der Waals surface area contributed by atoms with Crippen LogP contribution in [0.3, 0.4) is 0 Å². The van der Waals surface area contributed by atoms with E-state index in [0.717, 1.165) is 12.5 Å². The quantitative estimate of drug-likeness (QED) is 0.684. The Bertz CT molecular complexity index is 150. The minimum atomic E-state index is 0.219. The van der Waals surface area contributed by atoms with Crippen molar-refractivity contribution in [2.24, 2.45) is 11.8 Å². The molecule has 1 fully saturated rings. The highest BCUT2D eigenvalue weighted by atomic mass is 16.1. The van der Waals surface area contributed by atoms with Gasteiger partial charge in [-0.25, -0.2) is 0 Å². The molecule has 12 heavy (non-hydrogen) atoms. The highest BCUT2D eigenvalue weighted by molar-refractivity contribution is 5.76. The lowest BCUT2D eigenvalue weighted by molar-refractivity contribution is -0.122. The normalized spacial score (nSPS) is 17.6. The van der Waals surface area contributed by atoms with Gasteiger partial charge >= 0.3 is 0 Å². The van der Waals surface area contributed by atoms with Crippen LogP contribution in [-0.2, 0) is 4.79 Å². The van der Waals surface area contributed by atoms with Gasteiger partial charge in [0.15, 0.2) is 0 Å². The first-order valence-corrected chi connectivity index (χ1v) is 4.95. The number of hydrogen-bond acceptors (Lipinski definition) is 1. The lowest BCUT2D eigenvalue weighted by atomic mass is 9.85. The summed E-state index contributed by atoms with van der Waals surface area (Å²) < 4.78 is 0. The van der Waals surface area contributed by atoms with Gasteiger partial charge in [-0.05, 0) is 24.7 Å². The highest BCUT2D eigenvalue weighted by Crippen LogP contribution is 2.25. The molecule has 0 unspecified atom stereocenters. The summed E-state index contributed by atoms with van der Waals surface area (Å²) in [4.78, 5) is 11.2. The van der Waals surface area contributed by atoms with Crippen molar-refractivity contribution in [2.75, 3.05) is 6.54 Å². The molecule has 0 radical (unpaired) electrons. The molecular weight excluding hydrogens is 150 g/mol. The molecule has 0 spiro atoms. The second-order valence-electron chi connectivity index (χ2n) is 4.20. The Hall–Kier alpha value is -0.530. The van der Waals surface area contributed by atoms with Crippen LogP contribution in [0.5, 0.6) is 0 Å². The van der Waals surface area contributed by atoms with Crippen LogP contribution in [0.25, 0.3) is 0 Å². The third-order valence-electron chi connectivity index (χ3n) is 2.41. The molecule has 1 aliphatic carbocycles. The zero-order valence-electron chi connectivity index (χ0n) is 8.10. The standard InChI is InChI=1S/C10H19NO/c1-8(2)6-10(12)11-7-9-4-3-5-9/h8-9H,3-7H2,1-2H3,(H,11,12). The third-order valence-corrected chi connectivity index (χ3v) is 2.41. The van der Waals surface area contributed by atoms with Gasteiger partial charge in [-0.15, -0.1) is 0 Å². The van der Waals surface area contributed by atoms with Gasteiger partial charge in [0.05, 0.1) is 0 Å². The van der Waals surface area contributed by atoms with Crippen molar-refractivity contribution in [3.05, 3.63) is 0 Å².